The van der Waals surface area contributed by atoms with Crippen molar-refractivity contribution in [3.8, 4) is 0 Å². The van der Waals surface area contributed by atoms with Crippen LogP contribution in [0.15, 0.2) is 24.7 Å². The molecule has 0 saturated carbocycles. The van der Waals surface area contributed by atoms with E-state index in [1.165, 1.54) is 0 Å². The third-order valence-electron chi connectivity index (χ3n) is 1.34. The first-order chi connectivity index (χ1) is 5.35. The molecule has 0 unspecified atom stereocenters. The molecule has 0 aliphatic rings. The lowest BCUT2D eigenvalue weighted by Crippen LogP contribution is -2.13. The van der Waals surface area contributed by atoms with Gasteiger partial charge in [-0.25, -0.2) is 0 Å². The molecule has 11 heavy (non-hydrogen) atoms. The van der Waals surface area contributed by atoms with Crippen molar-refractivity contribution in [3.05, 3.63) is 24.7 Å². The number of hydrogen-bond acceptors (Lipinski definition) is 3. The standard InChI is InChI=1S/C6H14O3Si2/c7-3-1-5-11(9-10)6-2-4-8/h1-4,7-8,11H,5-6H2,10H3. The molecule has 64 valence electrons. The van der Waals surface area contributed by atoms with Gasteiger partial charge in [-0.2, -0.15) is 0 Å². The molecule has 0 fully saturated rings. The zero-order valence-corrected chi connectivity index (χ0v) is 9.76. The van der Waals surface area contributed by atoms with Gasteiger partial charge in [-0.15, -0.1) is 0 Å². The molecule has 0 spiro atoms. The first-order valence-electron chi connectivity index (χ1n) is 3.46. The van der Waals surface area contributed by atoms with Gasteiger partial charge in [-0.05, 0) is 12.1 Å². The summed E-state index contributed by atoms with van der Waals surface area (Å²) in [7, 11) is -0.444. The van der Waals surface area contributed by atoms with E-state index in [2.05, 4.69) is 0 Å². The van der Waals surface area contributed by atoms with Crippen molar-refractivity contribution in [1.29, 1.82) is 0 Å². The Morgan fingerprint density at radius 2 is 1.64 bits per heavy atom. The number of aliphatic hydroxyl groups is 2. The van der Waals surface area contributed by atoms with Crippen LogP contribution in [0.1, 0.15) is 0 Å². The molecule has 0 aromatic carbocycles. The number of aliphatic hydroxyl groups excluding tert-OH is 2. The van der Waals surface area contributed by atoms with Crippen molar-refractivity contribution in [2.24, 2.45) is 0 Å². The third-order valence-corrected chi connectivity index (χ3v) is 5.60. The fourth-order valence-electron chi connectivity index (χ4n) is 0.714. The summed E-state index contributed by atoms with van der Waals surface area (Å²) >= 11 is 0. The van der Waals surface area contributed by atoms with E-state index >= 15 is 0 Å². The minimum atomic E-state index is -1.18. The van der Waals surface area contributed by atoms with Gasteiger partial charge in [0.25, 0.3) is 0 Å². The maximum absolute atomic E-state index is 8.37. The van der Waals surface area contributed by atoms with Crippen LogP contribution in [-0.4, -0.2) is 29.7 Å². The highest BCUT2D eigenvalue weighted by Gasteiger charge is 2.03. The molecule has 0 aromatic rings. The van der Waals surface area contributed by atoms with E-state index < -0.39 is 9.04 Å². The maximum Gasteiger partial charge on any atom is 0.170 e. The molecule has 0 aromatic heterocycles. The summed E-state index contributed by atoms with van der Waals surface area (Å²) in [5, 5.41) is 16.7. The quantitative estimate of drug-likeness (QED) is 0.479. The summed E-state index contributed by atoms with van der Waals surface area (Å²) in [6, 6.07) is 1.65. The van der Waals surface area contributed by atoms with E-state index in [9.17, 15) is 0 Å². The highest BCUT2D eigenvalue weighted by molar-refractivity contribution is 6.56. The maximum atomic E-state index is 8.37. The average molecular weight is 190 g/mol. The van der Waals surface area contributed by atoms with Crippen LogP contribution in [-0.2, 0) is 4.12 Å². The van der Waals surface area contributed by atoms with E-state index in [0.717, 1.165) is 35.1 Å². The minimum absolute atomic E-state index is 0.736. The number of allylic oxidation sites excluding steroid dienone is 2. The van der Waals surface area contributed by atoms with Gasteiger partial charge in [0.1, 0.15) is 10.5 Å². The Hall–Kier alpha value is -0.526. The molecule has 0 aliphatic heterocycles. The molecule has 0 amide bonds. The highest BCUT2D eigenvalue weighted by Crippen LogP contribution is 2.01. The lowest BCUT2D eigenvalue weighted by Gasteiger charge is -2.07. The van der Waals surface area contributed by atoms with Gasteiger partial charge in [-0.3, -0.25) is 0 Å². The van der Waals surface area contributed by atoms with Crippen molar-refractivity contribution in [1.82, 2.24) is 0 Å². The molecule has 3 nitrogen and oxygen atoms in total. The average Bonchev–Trinajstić information content (AvgIpc) is 2.05. The van der Waals surface area contributed by atoms with Crippen molar-refractivity contribution >= 4 is 19.5 Å². The predicted octanol–water partition coefficient (Wildman–Crippen LogP) is 0.151. The van der Waals surface area contributed by atoms with E-state index in [-0.39, 0.29) is 0 Å². The van der Waals surface area contributed by atoms with Gasteiger partial charge in [0.05, 0.1) is 12.5 Å². The van der Waals surface area contributed by atoms with Crippen LogP contribution in [0, 0.1) is 0 Å². The lowest BCUT2D eigenvalue weighted by atomic mass is 10.7. The Morgan fingerprint density at radius 1 is 1.18 bits per heavy atom. The largest absolute Gasteiger partial charge is 0.516 e. The highest BCUT2D eigenvalue weighted by atomic mass is 28.3. The monoisotopic (exact) mass is 190 g/mol. The second-order valence-electron chi connectivity index (χ2n) is 2.10. The fraction of sp³-hybridized carbons (Fsp3) is 0.333. The molecule has 0 aliphatic carbocycles. The summed E-state index contributed by atoms with van der Waals surface area (Å²) in [6.07, 6.45) is 5.48. The zero-order chi connectivity index (χ0) is 8.53. The fourth-order valence-corrected chi connectivity index (χ4v) is 3.30. The van der Waals surface area contributed by atoms with Crippen molar-refractivity contribution in [2.75, 3.05) is 0 Å². The van der Waals surface area contributed by atoms with Crippen LogP contribution in [0.5, 0.6) is 0 Å². The zero-order valence-electron chi connectivity index (χ0n) is 6.60. The van der Waals surface area contributed by atoms with Gasteiger partial charge >= 0.3 is 0 Å². The van der Waals surface area contributed by atoms with Crippen molar-refractivity contribution in [3.63, 3.8) is 0 Å². The van der Waals surface area contributed by atoms with Gasteiger partial charge in [0, 0.05) is 0 Å². The summed E-state index contributed by atoms with van der Waals surface area (Å²) in [5.41, 5.74) is 0. The summed E-state index contributed by atoms with van der Waals surface area (Å²) < 4.78 is 5.31. The van der Waals surface area contributed by atoms with E-state index in [1.807, 2.05) is 0 Å². The van der Waals surface area contributed by atoms with Crippen LogP contribution in [0.2, 0.25) is 12.1 Å². The smallest absolute Gasteiger partial charge is 0.170 e. The van der Waals surface area contributed by atoms with Crippen LogP contribution < -0.4 is 0 Å². The SMILES string of the molecule is OC=CC[SiH](CC=CO)O[SiH3]. The van der Waals surface area contributed by atoms with Crippen LogP contribution in [0.25, 0.3) is 0 Å². The Labute approximate surface area is 71.3 Å². The Morgan fingerprint density at radius 3 is 1.91 bits per heavy atom. The molecule has 0 saturated heterocycles. The van der Waals surface area contributed by atoms with Gasteiger partial charge in [0.15, 0.2) is 9.04 Å². The third kappa shape index (κ3) is 5.90. The predicted molar refractivity (Wildman–Crippen MR) is 51.3 cm³/mol. The van der Waals surface area contributed by atoms with Crippen LogP contribution in [0.4, 0.5) is 0 Å². The molecule has 0 heterocycles. The topological polar surface area (TPSA) is 49.7 Å². The molecule has 0 rings (SSSR count). The van der Waals surface area contributed by atoms with Crippen molar-refractivity contribution in [2.45, 2.75) is 12.1 Å². The second kappa shape index (κ2) is 7.58. The van der Waals surface area contributed by atoms with E-state index in [4.69, 9.17) is 14.3 Å². The number of rotatable bonds is 5. The first-order valence-corrected chi connectivity index (χ1v) is 6.38. The van der Waals surface area contributed by atoms with Crippen molar-refractivity contribution < 1.29 is 14.3 Å². The summed E-state index contributed by atoms with van der Waals surface area (Å²) in [4.78, 5) is 0. The Kier molecular flexibility index (Phi) is 7.22. The molecule has 0 atom stereocenters. The molecule has 0 bridgehead atoms. The van der Waals surface area contributed by atoms with E-state index in [1.54, 1.807) is 12.2 Å². The molecule has 0 radical (unpaired) electrons. The Bertz CT molecular complexity index is 122. The summed E-state index contributed by atoms with van der Waals surface area (Å²) in [6.45, 7) is 0. The van der Waals surface area contributed by atoms with Crippen LogP contribution in [0.3, 0.4) is 0 Å². The second-order valence-corrected chi connectivity index (χ2v) is 6.17. The first kappa shape index (κ1) is 10.5. The molecule has 5 heteroatoms. The molecular formula is C6H14O3Si2. The van der Waals surface area contributed by atoms with Gasteiger partial charge < -0.3 is 14.3 Å². The van der Waals surface area contributed by atoms with Crippen LogP contribution >= 0.6 is 0 Å². The van der Waals surface area contributed by atoms with Gasteiger partial charge in [0.2, 0.25) is 0 Å². The van der Waals surface area contributed by atoms with E-state index in [0.29, 0.717) is 0 Å². The minimum Gasteiger partial charge on any atom is -0.516 e. The number of hydrogen-bond donors (Lipinski definition) is 2. The Balaban J connectivity index is 3.57. The summed E-state index contributed by atoms with van der Waals surface area (Å²) in [5.74, 6) is 0. The normalized spacial score (nSPS) is 14.9. The molecular weight excluding hydrogens is 176 g/mol. The lowest BCUT2D eigenvalue weighted by molar-refractivity contribution is 0.471. The molecule has 2 N–H and O–H groups in total. The van der Waals surface area contributed by atoms with Gasteiger partial charge in [-0.1, -0.05) is 12.2 Å².